The van der Waals surface area contributed by atoms with Gasteiger partial charge in [0.05, 0.1) is 17.6 Å². The number of amidine groups is 1. The van der Waals surface area contributed by atoms with Gasteiger partial charge in [0, 0.05) is 16.7 Å². The van der Waals surface area contributed by atoms with Crippen LogP contribution in [0.4, 0.5) is 5.95 Å². The highest BCUT2D eigenvalue weighted by molar-refractivity contribution is 6.08. The number of imidazole rings is 1. The number of nitrogens with zero attached hydrogens (tertiary/aromatic N) is 3. The molecule has 0 atom stereocenters. The molecule has 0 unspecified atom stereocenters. The van der Waals surface area contributed by atoms with E-state index in [9.17, 15) is 0 Å². The van der Waals surface area contributed by atoms with E-state index in [1.165, 1.54) is 5.39 Å². The lowest BCUT2D eigenvalue weighted by Gasteiger charge is -2.06. The number of nitrogens with one attached hydrogen (secondary N) is 1. The molecule has 5 N–H and O–H groups in total. The van der Waals surface area contributed by atoms with Crippen LogP contribution in [0, 0.1) is 5.41 Å². The Bertz CT molecular complexity index is 1300. The van der Waals surface area contributed by atoms with Crippen LogP contribution in [0.25, 0.3) is 22.0 Å². The van der Waals surface area contributed by atoms with Gasteiger partial charge in [0.2, 0.25) is 5.95 Å². The maximum absolute atomic E-state index is 7.78. The number of anilines is 1. The third-order valence-electron chi connectivity index (χ3n) is 5.38. The van der Waals surface area contributed by atoms with Crippen LogP contribution >= 0.6 is 0 Å². The largest absolute Gasteiger partial charge is 0.384 e. The van der Waals surface area contributed by atoms with Crippen LogP contribution in [-0.2, 0) is 6.42 Å². The first-order chi connectivity index (χ1) is 14.1. The molecule has 0 radical (unpaired) electrons. The quantitative estimate of drug-likeness (QED) is 0.372. The van der Waals surface area contributed by atoms with E-state index in [2.05, 4.69) is 29.2 Å². The predicted octanol–water partition coefficient (Wildman–Crippen LogP) is 3.77. The van der Waals surface area contributed by atoms with Gasteiger partial charge in [-0.1, -0.05) is 54.6 Å². The second kappa shape index (κ2) is 6.60. The summed E-state index contributed by atoms with van der Waals surface area (Å²) in [5.74, 6) is 0.431. The maximum Gasteiger partial charge on any atom is 0.221 e. The molecule has 6 nitrogen and oxygen atoms in total. The van der Waals surface area contributed by atoms with Crippen molar-refractivity contribution in [3.05, 3.63) is 83.6 Å². The zero-order chi connectivity index (χ0) is 20.0. The molecule has 0 saturated heterocycles. The van der Waals surface area contributed by atoms with Crippen molar-refractivity contribution in [2.24, 2.45) is 10.8 Å². The molecule has 0 amide bonds. The van der Waals surface area contributed by atoms with Crippen molar-refractivity contribution >= 4 is 28.3 Å². The summed E-state index contributed by atoms with van der Waals surface area (Å²) in [6.45, 7) is 0. The summed E-state index contributed by atoms with van der Waals surface area (Å²) < 4.78 is 1.63. The van der Waals surface area contributed by atoms with Gasteiger partial charge in [-0.3, -0.25) is 5.41 Å². The van der Waals surface area contributed by atoms with E-state index < -0.39 is 0 Å². The summed E-state index contributed by atoms with van der Waals surface area (Å²) in [5.41, 5.74) is 17.5. The van der Waals surface area contributed by atoms with Gasteiger partial charge >= 0.3 is 0 Å². The number of rotatable bonds is 3. The minimum Gasteiger partial charge on any atom is -0.384 e. The minimum absolute atomic E-state index is 0.0869. The molecule has 0 bridgehead atoms. The van der Waals surface area contributed by atoms with E-state index >= 15 is 0 Å². The molecule has 29 heavy (non-hydrogen) atoms. The lowest BCUT2D eigenvalue weighted by Crippen LogP contribution is -2.13. The summed E-state index contributed by atoms with van der Waals surface area (Å²) in [5, 5.41) is 14.9. The number of benzene rings is 3. The first-order valence-corrected chi connectivity index (χ1v) is 9.49. The second-order valence-corrected chi connectivity index (χ2v) is 7.18. The molecule has 5 rings (SSSR count). The van der Waals surface area contributed by atoms with Crippen LogP contribution in [0.15, 0.2) is 72.0 Å². The Balaban J connectivity index is 1.54. The van der Waals surface area contributed by atoms with E-state index in [1.54, 1.807) is 4.68 Å². The molecular weight excluding hydrogens is 360 g/mol. The average Bonchev–Trinajstić information content (AvgIpc) is 3.31. The van der Waals surface area contributed by atoms with Gasteiger partial charge in [-0.15, -0.1) is 0 Å². The van der Waals surface area contributed by atoms with Gasteiger partial charge in [0.15, 0.2) is 0 Å². The maximum atomic E-state index is 7.78. The van der Waals surface area contributed by atoms with E-state index in [0.717, 1.165) is 51.9 Å². The Labute approximate surface area is 168 Å². The smallest absolute Gasteiger partial charge is 0.221 e. The third-order valence-corrected chi connectivity index (χ3v) is 5.38. The number of hydrogen-bond donors (Lipinski definition) is 3. The van der Waals surface area contributed by atoms with Crippen molar-refractivity contribution in [1.82, 2.24) is 9.66 Å². The zero-order valence-electron chi connectivity index (χ0n) is 15.8. The molecule has 1 aliphatic carbocycles. The molecule has 1 aromatic heterocycles. The van der Waals surface area contributed by atoms with Gasteiger partial charge in [-0.25, -0.2) is 9.66 Å². The first kappa shape index (κ1) is 17.2. The summed E-state index contributed by atoms with van der Waals surface area (Å²) in [6, 6.07) is 20.3. The fourth-order valence-electron chi connectivity index (χ4n) is 3.94. The van der Waals surface area contributed by atoms with Crippen molar-refractivity contribution < 1.29 is 0 Å². The highest BCUT2D eigenvalue weighted by Crippen LogP contribution is 2.28. The van der Waals surface area contributed by atoms with E-state index in [0.29, 0.717) is 5.95 Å². The van der Waals surface area contributed by atoms with Crippen LogP contribution in [0.3, 0.4) is 0 Å². The topological polar surface area (TPSA) is 106 Å². The Morgan fingerprint density at radius 2 is 1.83 bits per heavy atom. The van der Waals surface area contributed by atoms with Crippen LogP contribution in [-0.4, -0.2) is 21.2 Å². The molecule has 0 aliphatic heterocycles. The molecule has 1 aliphatic rings. The van der Waals surface area contributed by atoms with Gasteiger partial charge < -0.3 is 11.5 Å². The molecule has 0 saturated carbocycles. The Morgan fingerprint density at radius 1 is 1.00 bits per heavy atom. The molecule has 142 valence electrons. The van der Waals surface area contributed by atoms with Crippen LogP contribution in [0.1, 0.15) is 23.1 Å². The summed E-state index contributed by atoms with van der Waals surface area (Å²) in [6.07, 6.45) is 3.46. The Hall–Kier alpha value is -3.93. The number of aromatic nitrogens is 2. The predicted molar refractivity (Wildman–Crippen MR) is 117 cm³/mol. The summed E-state index contributed by atoms with van der Waals surface area (Å²) in [7, 11) is 0. The highest BCUT2D eigenvalue weighted by Gasteiger charge is 2.22. The third kappa shape index (κ3) is 2.95. The van der Waals surface area contributed by atoms with E-state index in [1.807, 2.05) is 42.6 Å². The molecule has 1 heterocycles. The summed E-state index contributed by atoms with van der Waals surface area (Å²) >= 11 is 0. The average molecular weight is 380 g/mol. The fraction of sp³-hybridized carbons (Fsp3) is 0.0870. The minimum atomic E-state index is 0.0869. The normalized spacial score (nSPS) is 14.4. The van der Waals surface area contributed by atoms with Crippen molar-refractivity contribution in [2.75, 3.05) is 5.73 Å². The molecular formula is C23H20N6. The van der Waals surface area contributed by atoms with Gasteiger partial charge in [0.1, 0.15) is 5.84 Å². The lowest BCUT2D eigenvalue weighted by molar-refractivity contribution is 0.883. The van der Waals surface area contributed by atoms with Crippen LogP contribution in [0.5, 0.6) is 0 Å². The summed E-state index contributed by atoms with van der Waals surface area (Å²) in [4.78, 5) is 4.51. The molecule has 6 heteroatoms. The highest BCUT2D eigenvalue weighted by atomic mass is 15.4. The standard InChI is InChI=1S/C23H20N6/c24-22(25)19-7-3-6-18-17(19)10-11-20(18)28-29-13-21(27-23(29)26)16-9-8-14-4-1-2-5-15(14)12-16/h1-9,12-13H,10-11H2,(H3,24,25)(H2,26,27)/b28-20+. The lowest BCUT2D eigenvalue weighted by atomic mass is 10.0. The number of nitrogen functional groups attached to an aromatic ring is 2. The number of nitrogens with two attached hydrogens (primary N) is 2. The fourth-order valence-corrected chi connectivity index (χ4v) is 3.94. The monoisotopic (exact) mass is 380 g/mol. The van der Waals surface area contributed by atoms with Gasteiger partial charge in [-0.2, -0.15) is 5.10 Å². The molecule has 4 aromatic rings. The van der Waals surface area contributed by atoms with E-state index in [-0.39, 0.29) is 5.84 Å². The Kier molecular flexibility index (Phi) is 3.91. The molecule has 0 fully saturated rings. The first-order valence-electron chi connectivity index (χ1n) is 9.49. The second-order valence-electron chi connectivity index (χ2n) is 7.18. The van der Waals surface area contributed by atoms with Crippen LogP contribution in [0.2, 0.25) is 0 Å². The van der Waals surface area contributed by atoms with Crippen LogP contribution < -0.4 is 11.5 Å². The van der Waals surface area contributed by atoms with E-state index in [4.69, 9.17) is 22.0 Å². The van der Waals surface area contributed by atoms with Crippen molar-refractivity contribution in [2.45, 2.75) is 12.8 Å². The molecule has 3 aromatic carbocycles. The zero-order valence-corrected chi connectivity index (χ0v) is 15.8. The SMILES string of the molecule is N=C(N)c1cccc2c1CC/C2=N\n1cc(-c2ccc3ccccc3c2)nc1N. The van der Waals surface area contributed by atoms with Crippen molar-refractivity contribution in [3.8, 4) is 11.3 Å². The van der Waals surface area contributed by atoms with Gasteiger partial charge in [-0.05, 0) is 35.2 Å². The van der Waals surface area contributed by atoms with Crippen molar-refractivity contribution in [1.29, 1.82) is 5.41 Å². The Morgan fingerprint density at radius 3 is 2.66 bits per heavy atom. The molecule has 0 spiro atoms. The van der Waals surface area contributed by atoms with Gasteiger partial charge in [0.25, 0.3) is 0 Å². The number of fused-ring (bicyclic) bond motifs is 2. The number of hydrogen-bond acceptors (Lipinski definition) is 4. The van der Waals surface area contributed by atoms with Crippen molar-refractivity contribution in [3.63, 3.8) is 0 Å².